The molecule has 28 heavy (non-hydrogen) atoms. The van der Waals surface area contributed by atoms with Crippen molar-refractivity contribution in [3.63, 3.8) is 0 Å². The third-order valence-corrected chi connectivity index (χ3v) is 4.53. The van der Waals surface area contributed by atoms with Crippen LogP contribution < -0.4 is 16.9 Å². The van der Waals surface area contributed by atoms with Crippen molar-refractivity contribution >= 4 is 16.9 Å². The molecule has 148 valence electrons. The molecule has 0 aromatic carbocycles. The quantitative estimate of drug-likeness (QED) is 0.238. The summed E-state index contributed by atoms with van der Waals surface area (Å²) >= 11 is 0. The number of amidine groups is 1. The van der Waals surface area contributed by atoms with Crippen molar-refractivity contribution in [1.29, 1.82) is 0 Å². The number of rotatable bonds is 8. The molecule has 0 aliphatic carbocycles. The van der Waals surface area contributed by atoms with Crippen LogP contribution in [-0.4, -0.2) is 39.9 Å². The summed E-state index contributed by atoms with van der Waals surface area (Å²) in [6, 6.07) is 7.34. The molecule has 0 bridgehead atoms. The largest absolute Gasteiger partial charge is 0.380 e. The average Bonchev–Trinajstić information content (AvgIpc) is 3.13. The van der Waals surface area contributed by atoms with Gasteiger partial charge in [-0.2, -0.15) is 5.10 Å². The summed E-state index contributed by atoms with van der Waals surface area (Å²) in [6.45, 7) is 0.294. The number of pyridine rings is 2. The van der Waals surface area contributed by atoms with Gasteiger partial charge in [-0.3, -0.25) is 9.55 Å². The van der Waals surface area contributed by atoms with Gasteiger partial charge in [-0.15, -0.1) is 0 Å². The minimum absolute atomic E-state index is 0.151. The normalized spacial score (nSPS) is 12.6. The minimum Gasteiger partial charge on any atom is -0.380 e. The van der Waals surface area contributed by atoms with Crippen molar-refractivity contribution < 1.29 is 8.78 Å². The van der Waals surface area contributed by atoms with E-state index in [2.05, 4.69) is 20.4 Å². The van der Waals surface area contributed by atoms with Gasteiger partial charge in [0, 0.05) is 37.2 Å². The molecule has 0 amide bonds. The van der Waals surface area contributed by atoms with Crippen LogP contribution in [0.2, 0.25) is 0 Å². The van der Waals surface area contributed by atoms with E-state index in [4.69, 9.17) is 11.6 Å². The van der Waals surface area contributed by atoms with Gasteiger partial charge >= 0.3 is 0 Å². The Balaban J connectivity index is 1.77. The Morgan fingerprint density at radius 3 is 2.71 bits per heavy atom. The number of aryl methyl sites for hydroxylation is 1. The number of hydrazone groups is 1. The molecule has 3 aromatic rings. The number of nitrogens with zero attached hydrogens (tertiary/aromatic N) is 4. The van der Waals surface area contributed by atoms with Crippen LogP contribution in [0.4, 0.5) is 8.78 Å². The zero-order chi connectivity index (χ0) is 20.1. The highest BCUT2D eigenvalue weighted by atomic mass is 19.3. The fourth-order valence-electron chi connectivity index (χ4n) is 2.92. The summed E-state index contributed by atoms with van der Waals surface area (Å²) in [6.07, 6.45) is 5.06. The lowest BCUT2D eigenvalue weighted by atomic mass is 10.0. The number of hydrogen-bond donors (Lipinski definition) is 3. The van der Waals surface area contributed by atoms with Crippen molar-refractivity contribution in [2.24, 2.45) is 16.7 Å². The smallest absolute Gasteiger partial charge is 0.249 e. The summed E-state index contributed by atoms with van der Waals surface area (Å²) in [7, 11) is 1.67. The van der Waals surface area contributed by atoms with E-state index in [9.17, 15) is 8.78 Å². The van der Waals surface area contributed by atoms with Crippen molar-refractivity contribution in [2.45, 2.75) is 25.2 Å². The Morgan fingerprint density at radius 1 is 1.21 bits per heavy atom. The van der Waals surface area contributed by atoms with Gasteiger partial charge in [0.05, 0.1) is 11.9 Å². The first kappa shape index (κ1) is 19.7. The Kier molecular flexibility index (Phi) is 5.84. The molecule has 9 heteroatoms. The van der Waals surface area contributed by atoms with E-state index in [1.807, 2.05) is 29.0 Å². The van der Waals surface area contributed by atoms with E-state index < -0.39 is 5.92 Å². The second-order valence-corrected chi connectivity index (χ2v) is 6.57. The molecular weight excluding hydrogens is 364 g/mol. The second-order valence-electron chi connectivity index (χ2n) is 6.57. The number of hydrogen-bond acceptors (Lipinski definition) is 5. The second kappa shape index (κ2) is 8.30. The maximum absolute atomic E-state index is 13.9. The molecule has 0 saturated carbocycles. The Labute approximate surface area is 161 Å². The molecule has 0 atom stereocenters. The first-order valence-electron chi connectivity index (χ1n) is 8.92. The monoisotopic (exact) mass is 387 g/mol. The molecule has 0 fully saturated rings. The van der Waals surface area contributed by atoms with Gasteiger partial charge < -0.3 is 16.9 Å². The molecule has 0 aliphatic rings. The SMILES string of the molecule is CNCCC(F)(F)CCc1cnc2c(ccn2-c2ccc(/C(N)=N/N)nc2)c1. The predicted octanol–water partition coefficient (Wildman–Crippen LogP) is 2.18. The molecule has 0 saturated heterocycles. The van der Waals surface area contributed by atoms with E-state index in [-0.39, 0.29) is 25.1 Å². The van der Waals surface area contributed by atoms with E-state index in [0.29, 0.717) is 12.2 Å². The molecule has 0 unspecified atom stereocenters. The number of nitrogens with two attached hydrogens (primary N) is 2. The van der Waals surface area contributed by atoms with Crippen molar-refractivity contribution in [2.75, 3.05) is 13.6 Å². The van der Waals surface area contributed by atoms with Crippen molar-refractivity contribution in [3.8, 4) is 5.69 Å². The zero-order valence-electron chi connectivity index (χ0n) is 15.6. The number of nitrogens with one attached hydrogen (secondary N) is 1. The molecule has 3 rings (SSSR count). The maximum Gasteiger partial charge on any atom is 0.249 e. The van der Waals surface area contributed by atoms with Crippen LogP contribution in [0, 0.1) is 0 Å². The molecule has 3 heterocycles. The molecule has 0 spiro atoms. The first-order chi connectivity index (χ1) is 13.4. The molecule has 5 N–H and O–H groups in total. The van der Waals surface area contributed by atoms with Gasteiger partial charge in [0.2, 0.25) is 5.92 Å². The first-order valence-corrected chi connectivity index (χ1v) is 8.92. The van der Waals surface area contributed by atoms with Crippen LogP contribution >= 0.6 is 0 Å². The third-order valence-electron chi connectivity index (χ3n) is 4.53. The predicted molar refractivity (Wildman–Crippen MR) is 106 cm³/mol. The van der Waals surface area contributed by atoms with Crippen LogP contribution in [-0.2, 0) is 6.42 Å². The summed E-state index contributed by atoms with van der Waals surface area (Å²) in [4.78, 5) is 8.70. The number of fused-ring (bicyclic) bond motifs is 1. The van der Waals surface area contributed by atoms with E-state index in [0.717, 1.165) is 22.3 Å². The average molecular weight is 387 g/mol. The van der Waals surface area contributed by atoms with Crippen molar-refractivity contribution in [1.82, 2.24) is 19.9 Å². The van der Waals surface area contributed by atoms with Crippen LogP contribution in [0.25, 0.3) is 16.7 Å². The van der Waals surface area contributed by atoms with Gasteiger partial charge in [-0.1, -0.05) is 0 Å². The highest BCUT2D eigenvalue weighted by molar-refractivity contribution is 5.95. The highest BCUT2D eigenvalue weighted by Crippen LogP contribution is 2.26. The van der Waals surface area contributed by atoms with Crippen LogP contribution in [0.1, 0.15) is 24.1 Å². The molecular formula is C19H23F2N7. The standard InChI is InChI=1S/C19H23F2N7/c1-24-8-7-19(20,21)6-4-13-10-14-5-9-28(18(14)26-11-13)15-2-3-16(25-12-15)17(22)27-23/h2-3,5,9-12,24H,4,6-8,23H2,1H3,(H2,22,27). The van der Waals surface area contributed by atoms with E-state index in [1.165, 1.54) is 0 Å². The molecule has 0 radical (unpaired) electrons. The Hall–Kier alpha value is -3.07. The molecule has 0 aliphatic heterocycles. The van der Waals surface area contributed by atoms with E-state index >= 15 is 0 Å². The van der Waals surface area contributed by atoms with Gasteiger partial charge in [0.25, 0.3) is 0 Å². The lowest BCUT2D eigenvalue weighted by molar-refractivity contribution is -0.0148. The van der Waals surface area contributed by atoms with Crippen LogP contribution in [0.3, 0.4) is 0 Å². The van der Waals surface area contributed by atoms with Crippen LogP contribution in [0.5, 0.6) is 0 Å². The summed E-state index contributed by atoms with van der Waals surface area (Å²) in [5.41, 5.74) is 8.43. The Morgan fingerprint density at radius 2 is 2.04 bits per heavy atom. The molecule has 7 nitrogen and oxygen atoms in total. The van der Waals surface area contributed by atoms with Crippen LogP contribution in [0.15, 0.2) is 48.0 Å². The maximum atomic E-state index is 13.9. The number of halogens is 2. The van der Waals surface area contributed by atoms with Gasteiger partial charge in [0.15, 0.2) is 5.84 Å². The zero-order valence-corrected chi connectivity index (χ0v) is 15.6. The summed E-state index contributed by atoms with van der Waals surface area (Å²) in [5.74, 6) is 2.62. The lowest BCUT2D eigenvalue weighted by Crippen LogP contribution is -2.23. The fourth-order valence-corrected chi connectivity index (χ4v) is 2.92. The van der Waals surface area contributed by atoms with Crippen molar-refractivity contribution in [3.05, 3.63) is 54.1 Å². The number of alkyl halides is 2. The van der Waals surface area contributed by atoms with Gasteiger partial charge in [-0.25, -0.2) is 13.8 Å². The lowest BCUT2D eigenvalue weighted by Gasteiger charge is -2.15. The van der Waals surface area contributed by atoms with Gasteiger partial charge in [0.1, 0.15) is 11.3 Å². The summed E-state index contributed by atoms with van der Waals surface area (Å²) < 4.78 is 29.6. The third kappa shape index (κ3) is 4.42. The Bertz CT molecular complexity index is 964. The molecule has 3 aromatic heterocycles. The summed E-state index contributed by atoms with van der Waals surface area (Å²) in [5, 5.41) is 7.05. The van der Waals surface area contributed by atoms with E-state index in [1.54, 1.807) is 25.5 Å². The fraction of sp³-hybridized carbons (Fsp3) is 0.316. The van der Waals surface area contributed by atoms with Gasteiger partial charge in [-0.05, 0) is 43.3 Å². The minimum atomic E-state index is -2.69. The number of aromatic nitrogens is 3. The highest BCUT2D eigenvalue weighted by Gasteiger charge is 2.27. The topological polar surface area (TPSA) is 107 Å².